The van der Waals surface area contributed by atoms with Gasteiger partial charge < -0.3 is 38.5 Å². The monoisotopic (exact) mass is 602 g/mol. The summed E-state index contributed by atoms with van der Waals surface area (Å²) >= 11 is 0. The van der Waals surface area contributed by atoms with E-state index in [9.17, 15) is 19.2 Å². The van der Waals surface area contributed by atoms with Gasteiger partial charge in [0, 0.05) is 25.5 Å². The molecule has 1 unspecified atom stereocenters. The van der Waals surface area contributed by atoms with Gasteiger partial charge in [0.2, 0.25) is 6.79 Å². The fourth-order valence-corrected chi connectivity index (χ4v) is 4.31. The predicted octanol–water partition coefficient (Wildman–Crippen LogP) is 2.25. The quantitative estimate of drug-likeness (QED) is 0.191. The summed E-state index contributed by atoms with van der Waals surface area (Å²) in [5, 5.41) is 2.51. The van der Waals surface area contributed by atoms with E-state index in [0.29, 0.717) is 26.1 Å². The van der Waals surface area contributed by atoms with Crippen LogP contribution in [0.2, 0.25) is 0 Å². The van der Waals surface area contributed by atoms with Gasteiger partial charge in [0.1, 0.15) is 25.4 Å². The highest BCUT2D eigenvalue weighted by Crippen LogP contribution is 2.30. The Morgan fingerprint density at radius 1 is 1.09 bits per heavy atom. The number of aromatic nitrogens is 1. The third kappa shape index (κ3) is 9.65. The van der Waals surface area contributed by atoms with Crippen molar-refractivity contribution in [1.29, 1.82) is 0 Å². The Kier molecular flexibility index (Phi) is 13.2. The molecule has 3 rings (SSSR count). The molecule has 0 aliphatic carbocycles. The van der Waals surface area contributed by atoms with Crippen molar-refractivity contribution in [1.82, 2.24) is 10.3 Å². The minimum absolute atomic E-state index is 0.123. The molecule has 43 heavy (non-hydrogen) atoms. The smallest absolute Gasteiger partial charge is 0.334 e. The molecule has 2 heterocycles. The normalized spacial score (nSPS) is 20.5. The number of hydrogen-bond donors (Lipinski definition) is 1. The SMILES string of the molecule is CCCO[C@@H]1C(Cc2ccccc2)C(=O)OC[C@H](NC(=O)c2nccc(OC)c2OCOC(=O)COCC)C(=O)O[C@H]1C. The van der Waals surface area contributed by atoms with Gasteiger partial charge in [-0.2, -0.15) is 0 Å². The molecule has 2 aromatic rings. The maximum atomic E-state index is 13.3. The third-order valence-electron chi connectivity index (χ3n) is 6.41. The van der Waals surface area contributed by atoms with E-state index in [0.717, 1.165) is 5.56 Å². The molecule has 1 aliphatic heterocycles. The molecule has 0 bridgehead atoms. The van der Waals surface area contributed by atoms with Crippen LogP contribution in [0.5, 0.6) is 11.5 Å². The molecule has 0 saturated carbocycles. The number of nitrogens with zero attached hydrogens (tertiary/aromatic N) is 1. The fraction of sp³-hybridized carbons (Fsp3) is 0.500. The van der Waals surface area contributed by atoms with Gasteiger partial charge in [-0.05, 0) is 32.3 Å². The Morgan fingerprint density at radius 3 is 2.56 bits per heavy atom. The number of carbonyl (C=O) groups is 4. The van der Waals surface area contributed by atoms with Gasteiger partial charge in [0.25, 0.3) is 5.91 Å². The average molecular weight is 603 g/mol. The minimum atomic E-state index is -1.37. The highest BCUT2D eigenvalue weighted by atomic mass is 16.7. The van der Waals surface area contributed by atoms with Gasteiger partial charge in [-0.25, -0.2) is 14.6 Å². The number of pyridine rings is 1. The van der Waals surface area contributed by atoms with E-state index in [1.807, 2.05) is 37.3 Å². The Labute approximate surface area is 250 Å². The van der Waals surface area contributed by atoms with Gasteiger partial charge in [0.05, 0.1) is 13.0 Å². The number of methoxy groups -OCH3 is 1. The highest BCUT2D eigenvalue weighted by molar-refractivity contribution is 5.98. The molecule has 13 nitrogen and oxygen atoms in total. The van der Waals surface area contributed by atoms with Crippen LogP contribution in [0.25, 0.3) is 0 Å². The summed E-state index contributed by atoms with van der Waals surface area (Å²) in [6.45, 7) is 4.65. The van der Waals surface area contributed by atoms with E-state index in [-0.39, 0.29) is 23.8 Å². The number of hydrogen-bond acceptors (Lipinski definition) is 12. The predicted molar refractivity (Wildman–Crippen MR) is 150 cm³/mol. The standard InChI is InChI=1S/C30H38N2O11/c1-5-14-39-26-19(3)43-30(36)22(16-40-29(35)21(26)15-20-10-8-7-9-11-20)32-28(34)25-27(23(37-4)12-13-31-25)42-18-41-24(33)17-38-6-2/h7-13,19,21-22,26H,5-6,14-18H2,1-4H3,(H,32,34)/t19-,21?,22-,26-/m0/s1. The van der Waals surface area contributed by atoms with E-state index >= 15 is 0 Å². The van der Waals surface area contributed by atoms with E-state index in [1.54, 1.807) is 13.8 Å². The zero-order chi connectivity index (χ0) is 31.2. The van der Waals surface area contributed by atoms with Crippen LogP contribution in [0.4, 0.5) is 0 Å². The van der Waals surface area contributed by atoms with Crippen molar-refractivity contribution in [3.63, 3.8) is 0 Å². The van der Waals surface area contributed by atoms with Crippen molar-refractivity contribution < 1.29 is 52.3 Å². The number of benzene rings is 1. The maximum Gasteiger partial charge on any atom is 0.334 e. The van der Waals surface area contributed by atoms with E-state index < -0.39 is 61.4 Å². The first-order valence-corrected chi connectivity index (χ1v) is 14.0. The summed E-state index contributed by atoms with van der Waals surface area (Å²) in [7, 11) is 1.35. The molecule has 4 atom stereocenters. The first-order valence-electron chi connectivity index (χ1n) is 14.0. The van der Waals surface area contributed by atoms with Crippen molar-refractivity contribution >= 4 is 23.8 Å². The molecule has 1 aromatic heterocycles. The number of rotatable bonds is 14. The lowest BCUT2D eigenvalue weighted by atomic mass is 9.91. The molecule has 0 radical (unpaired) electrons. The van der Waals surface area contributed by atoms with Crippen LogP contribution in [0.15, 0.2) is 42.6 Å². The highest BCUT2D eigenvalue weighted by Gasteiger charge is 2.40. The lowest BCUT2D eigenvalue weighted by Crippen LogP contribution is -2.46. The second-order valence-electron chi connectivity index (χ2n) is 9.54. The van der Waals surface area contributed by atoms with Crippen LogP contribution in [0.3, 0.4) is 0 Å². The van der Waals surface area contributed by atoms with Crippen LogP contribution >= 0.6 is 0 Å². The van der Waals surface area contributed by atoms with Crippen molar-refractivity contribution in [3.05, 3.63) is 53.9 Å². The summed E-state index contributed by atoms with van der Waals surface area (Å²) in [5.41, 5.74) is 0.621. The number of nitrogens with one attached hydrogen (secondary N) is 1. The summed E-state index contributed by atoms with van der Waals surface area (Å²) in [4.78, 5) is 55.7. The second kappa shape index (κ2) is 17.0. The number of cyclic esters (lactones) is 2. The minimum Gasteiger partial charge on any atom is -0.493 e. The van der Waals surface area contributed by atoms with E-state index in [1.165, 1.54) is 19.4 Å². The molecule has 0 spiro atoms. The first kappa shape index (κ1) is 33.3. The van der Waals surface area contributed by atoms with Crippen LogP contribution in [-0.2, 0) is 44.5 Å². The molecular formula is C30H38N2O11. The second-order valence-corrected chi connectivity index (χ2v) is 9.54. The number of ether oxygens (including phenoxy) is 7. The van der Waals surface area contributed by atoms with Gasteiger partial charge >= 0.3 is 17.9 Å². The zero-order valence-corrected chi connectivity index (χ0v) is 24.7. The molecule has 1 saturated heterocycles. The largest absolute Gasteiger partial charge is 0.493 e. The molecule has 234 valence electrons. The molecule has 13 heteroatoms. The van der Waals surface area contributed by atoms with Crippen LogP contribution in [-0.4, -0.2) is 87.4 Å². The van der Waals surface area contributed by atoms with Crippen LogP contribution in [0.1, 0.15) is 43.2 Å². The average Bonchev–Trinajstić information content (AvgIpc) is 3.04. The topological polar surface area (TPSA) is 158 Å². The lowest BCUT2D eigenvalue weighted by Gasteiger charge is -2.29. The third-order valence-corrected chi connectivity index (χ3v) is 6.41. The molecular weight excluding hydrogens is 564 g/mol. The van der Waals surface area contributed by atoms with E-state index in [2.05, 4.69) is 10.3 Å². The van der Waals surface area contributed by atoms with Gasteiger partial charge in [-0.3, -0.25) is 9.59 Å². The summed E-state index contributed by atoms with van der Waals surface area (Å²) in [6, 6.07) is 9.44. The van der Waals surface area contributed by atoms with E-state index in [4.69, 9.17) is 33.2 Å². The number of carbonyl (C=O) groups excluding carboxylic acids is 4. The van der Waals surface area contributed by atoms with Crippen molar-refractivity contribution in [2.75, 3.05) is 40.3 Å². The van der Waals surface area contributed by atoms with Crippen LogP contribution in [0, 0.1) is 5.92 Å². The Hall–Kier alpha value is -4.23. The summed E-state index contributed by atoms with van der Waals surface area (Å²) < 4.78 is 37.9. The molecule has 1 aliphatic rings. The van der Waals surface area contributed by atoms with Gasteiger partial charge in [-0.15, -0.1) is 0 Å². The van der Waals surface area contributed by atoms with Gasteiger partial charge in [0.15, 0.2) is 23.2 Å². The fourth-order valence-electron chi connectivity index (χ4n) is 4.31. The Balaban J connectivity index is 1.78. The Morgan fingerprint density at radius 2 is 1.86 bits per heavy atom. The maximum absolute atomic E-state index is 13.3. The number of esters is 3. The van der Waals surface area contributed by atoms with Crippen molar-refractivity contribution in [2.24, 2.45) is 5.92 Å². The summed E-state index contributed by atoms with van der Waals surface area (Å²) in [5.74, 6) is -3.72. The molecule has 1 fully saturated rings. The zero-order valence-electron chi connectivity index (χ0n) is 24.7. The van der Waals surface area contributed by atoms with Gasteiger partial charge in [-0.1, -0.05) is 37.3 Å². The van der Waals surface area contributed by atoms with Crippen molar-refractivity contribution in [3.8, 4) is 11.5 Å². The molecule has 1 N–H and O–H groups in total. The molecule has 1 amide bonds. The number of amides is 1. The molecule has 1 aromatic carbocycles. The Bertz CT molecular complexity index is 1220. The summed E-state index contributed by atoms with van der Waals surface area (Å²) in [6.07, 6.45) is 0.674. The van der Waals surface area contributed by atoms with Crippen molar-refractivity contribution in [2.45, 2.75) is 51.9 Å². The van der Waals surface area contributed by atoms with Crippen LogP contribution < -0.4 is 14.8 Å². The first-order chi connectivity index (χ1) is 20.8. The lowest BCUT2D eigenvalue weighted by molar-refractivity contribution is -0.164.